The first-order chi connectivity index (χ1) is 7.98. The van der Waals surface area contributed by atoms with Crippen LogP contribution in [-0.4, -0.2) is 22.1 Å². The van der Waals surface area contributed by atoms with Crippen LogP contribution in [0.2, 0.25) is 0 Å². The van der Waals surface area contributed by atoms with Crippen molar-refractivity contribution in [2.75, 3.05) is 10.7 Å². The molecule has 0 fully saturated rings. The van der Waals surface area contributed by atoms with E-state index in [-0.39, 0.29) is 11.4 Å². The lowest BCUT2D eigenvalue weighted by Crippen LogP contribution is -2.51. The summed E-state index contributed by atoms with van der Waals surface area (Å²) in [7, 11) is 0. The Morgan fingerprint density at radius 2 is 2.00 bits per heavy atom. The highest BCUT2D eigenvalue weighted by Crippen LogP contribution is 2.32. The summed E-state index contributed by atoms with van der Waals surface area (Å²) in [5.74, 6) is -0.0559. The van der Waals surface area contributed by atoms with Gasteiger partial charge in [-0.3, -0.25) is 4.79 Å². The third-order valence-electron chi connectivity index (χ3n) is 2.47. The van der Waals surface area contributed by atoms with Crippen LogP contribution in [0.4, 0.5) is 0 Å². The van der Waals surface area contributed by atoms with Gasteiger partial charge in [-0.05, 0) is 44.3 Å². The Balaban J connectivity index is 2.88. The molecule has 0 radical (unpaired) electrons. The maximum Gasteiger partial charge on any atom is 0.253 e. The molecule has 0 unspecified atom stereocenters. The molecule has 2 nitrogen and oxygen atoms in total. The zero-order valence-electron chi connectivity index (χ0n) is 9.03. The molecule has 1 aromatic rings. The van der Waals surface area contributed by atoms with E-state index in [9.17, 15) is 4.79 Å². The molecule has 1 rings (SSSR count). The summed E-state index contributed by atoms with van der Waals surface area (Å²) in [6, 6.07) is 1.83. The molecule has 1 amide bonds. The first-order valence-corrected chi connectivity index (χ1v) is 9.52. The fourth-order valence-corrected chi connectivity index (χ4v) is 5.98. The summed E-state index contributed by atoms with van der Waals surface area (Å²) in [6.45, 7) is 2.06. The molecule has 7 heteroatoms. The van der Waals surface area contributed by atoms with Gasteiger partial charge in [-0.1, -0.05) is 38.8 Å². The lowest BCUT2D eigenvalue weighted by molar-refractivity contribution is 0.0915. The Kier molecular flexibility index (Phi) is 6.67. The van der Waals surface area contributed by atoms with Crippen molar-refractivity contribution >= 4 is 81.0 Å². The average Bonchev–Trinajstić information content (AvgIpc) is 2.65. The molecule has 0 spiro atoms. The fourth-order valence-electron chi connectivity index (χ4n) is 1.18. The summed E-state index contributed by atoms with van der Waals surface area (Å²) >= 11 is 15.2. The van der Waals surface area contributed by atoms with Gasteiger partial charge in [0, 0.05) is 10.7 Å². The van der Waals surface area contributed by atoms with Gasteiger partial charge in [-0.2, -0.15) is 0 Å². The van der Waals surface area contributed by atoms with Gasteiger partial charge in [-0.25, -0.2) is 0 Å². The van der Waals surface area contributed by atoms with Crippen LogP contribution in [0.25, 0.3) is 0 Å². The summed E-state index contributed by atoms with van der Waals surface area (Å²) in [5.41, 5.74) is 0.423. The Morgan fingerprint density at radius 1 is 1.41 bits per heavy atom. The summed E-state index contributed by atoms with van der Waals surface area (Å²) in [6.07, 6.45) is 0.859. The highest BCUT2D eigenvalue weighted by molar-refractivity contribution is 9.12. The van der Waals surface area contributed by atoms with Crippen LogP contribution in [0, 0.1) is 0 Å². The van der Waals surface area contributed by atoms with Crippen molar-refractivity contribution in [1.82, 2.24) is 5.32 Å². The van der Waals surface area contributed by atoms with Crippen molar-refractivity contribution < 1.29 is 4.79 Å². The van der Waals surface area contributed by atoms with Crippen LogP contribution in [0.3, 0.4) is 0 Å². The number of hydrogen-bond donors (Lipinski definition) is 1. The molecule has 0 aliphatic rings. The van der Waals surface area contributed by atoms with Gasteiger partial charge >= 0.3 is 0 Å². The van der Waals surface area contributed by atoms with Crippen molar-refractivity contribution in [3.8, 4) is 0 Å². The Hall–Kier alpha value is 1.09. The number of rotatable bonds is 5. The zero-order chi connectivity index (χ0) is 13.1. The van der Waals surface area contributed by atoms with Crippen molar-refractivity contribution in [2.24, 2.45) is 0 Å². The first-order valence-electron chi connectivity index (χ1n) is 4.87. The van der Waals surface area contributed by atoms with Crippen molar-refractivity contribution in [1.29, 1.82) is 0 Å². The van der Waals surface area contributed by atoms with Gasteiger partial charge in [0.1, 0.15) is 0 Å². The molecule has 0 atom stereocenters. The van der Waals surface area contributed by atoms with E-state index in [1.54, 1.807) is 0 Å². The van der Waals surface area contributed by atoms with Crippen LogP contribution in [0.1, 0.15) is 23.7 Å². The average molecular weight is 513 g/mol. The molecule has 0 aliphatic carbocycles. The molecule has 1 heterocycles. The van der Waals surface area contributed by atoms with E-state index in [4.69, 9.17) is 0 Å². The minimum atomic E-state index is -0.245. The van der Waals surface area contributed by atoms with Crippen LogP contribution >= 0.6 is 75.1 Å². The number of amides is 1. The maximum atomic E-state index is 12.2. The minimum Gasteiger partial charge on any atom is -0.345 e. The van der Waals surface area contributed by atoms with Gasteiger partial charge in [0.2, 0.25) is 0 Å². The zero-order valence-corrected chi connectivity index (χ0v) is 16.2. The second kappa shape index (κ2) is 7.03. The van der Waals surface area contributed by atoms with E-state index in [0.29, 0.717) is 5.56 Å². The fraction of sp³-hybridized carbons (Fsp3) is 0.500. The molecule has 17 heavy (non-hydrogen) atoms. The molecule has 0 aliphatic heterocycles. The number of carbonyl (C=O) groups is 1. The number of hydrogen-bond acceptors (Lipinski definition) is 2. The predicted octanol–water partition coefficient (Wildman–Crippen LogP) is 4.94. The van der Waals surface area contributed by atoms with Gasteiger partial charge in [-0.15, -0.1) is 11.3 Å². The van der Waals surface area contributed by atoms with Crippen molar-refractivity contribution in [3.63, 3.8) is 0 Å². The number of thiophene rings is 1. The normalized spacial score (nSPS) is 11.6. The molecule has 0 saturated heterocycles. The highest BCUT2D eigenvalue weighted by Gasteiger charge is 2.29. The molecule has 0 aromatic carbocycles. The molecule has 96 valence electrons. The van der Waals surface area contributed by atoms with Crippen LogP contribution in [0.15, 0.2) is 13.6 Å². The number of nitrogens with one attached hydrogen (secondary N) is 1. The Bertz CT molecular complexity index is 395. The second-order valence-electron chi connectivity index (χ2n) is 3.59. The van der Waals surface area contributed by atoms with Crippen molar-refractivity contribution in [2.45, 2.75) is 18.9 Å². The van der Waals surface area contributed by atoms with E-state index < -0.39 is 0 Å². The minimum absolute atomic E-state index is 0.0559. The van der Waals surface area contributed by atoms with Gasteiger partial charge in [0.25, 0.3) is 5.91 Å². The Labute approximate surface area is 138 Å². The highest BCUT2D eigenvalue weighted by atomic mass is 79.9. The molecule has 1 aromatic heterocycles. The molecular weight excluding hydrogens is 502 g/mol. The van der Waals surface area contributed by atoms with E-state index in [0.717, 1.165) is 24.7 Å². The van der Waals surface area contributed by atoms with Crippen LogP contribution in [0.5, 0.6) is 0 Å². The monoisotopic (exact) mass is 509 g/mol. The van der Waals surface area contributed by atoms with Gasteiger partial charge in [0.15, 0.2) is 0 Å². The third kappa shape index (κ3) is 4.03. The Morgan fingerprint density at radius 3 is 2.35 bits per heavy atom. The quantitative estimate of drug-likeness (QED) is 0.556. The number of alkyl halides is 2. The van der Waals surface area contributed by atoms with E-state index >= 15 is 0 Å². The number of carbonyl (C=O) groups excluding carboxylic acids is 1. The summed E-state index contributed by atoms with van der Waals surface area (Å²) in [5, 5.41) is 4.51. The summed E-state index contributed by atoms with van der Waals surface area (Å²) in [4.78, 5) is 12.2. The van der Waals surface area contributed by atoms with E-state index in [1.807, 2.05) is 6.07 Å². The standard InChI is InChI=1S/C10H11Br4NOS/c1-2-10(4-11,5-12)15-9(16)6-3-7(13)17-8(6)14/h3H,2,4-5H2,1H3,(H,15,16). The maximum absolute atomic E-state index is 12.2. The second-order valence-corrected chi connectivity index (χ2v) is 8.46. The van der Waals surface area contributed by atoms with Gasteiger partial charge in [0.05, 0.1) is 18.7 Å². The van der Waals surface area contributed by atoms with Gasteiger partial charge < -0.3 is 5.32 Å². The SMILES string of the molecule is CCC(CBr)(CBr)NC(=O)c1cc(Br)sc1Br. The largest absolute Gasteiger partial charge is 0.345 e. The smallest absolute Gasteiger partial charge is 0.253 e. The van der Waals surface area contributed by atoms with Crippen LogP contribution in [-0.2, 0) is 0 Å². The van der Waals surface area contributed by atoms with Crippen molar-refractivity contribution in [3.05, 3.63) is 19.2 Å². The number of halogens is 4. The van der Waals surface area contributed by atoms with E-state index in [2.05, 4.69) is 76.0 Å². The molecule has 1 N–H and O–H groups in total. The van der Waals surface area contributed by atoms with Crippen LogP contribution < -0.4 is 5.32 Å². The summed E-state index contributed by atoms with van der Waals surface area (Å²) < 4.78 is 1.78. The molecule has 0 bridgehead atoms. The molecule has 0 saturated carbocycles. The molecular formula is C10H11Br4NOS. The lowest BCUT2D eigenvalue weighted by atomic mass is 10.0. The third-order valence-corrected chi connectivity index (χ3v) is 6.95. The first kappa shape index (κ1) is 16.1. The topological polar surface area (TPSA) is 29.1 Å². The van der Waals surface area contributed by atoms with E-state index in [1.165, 1.54) is 11.3 Å². The lowest BCUT2D eigenvalue weighted by Gasteiger charge is -2.29. The predicted molar refractivity (Wildman–Crippen MR) is 87.8 cm³/mol.